The number of ether oxygens (including phenoxy) is 2. The number of methoxy groups -OCH3 is 1. The lowest BCUT2D eigenvalue weighted by atomic mass is 10.2. The fraction of sp³-hybridized carbons (Fsp3) is 0.364. The molecule has 0 radical (unpaired) electrons. The SMILES string of the molecule is COCCOc1cccc(NCC(=O)Nc2ccc(C(=O)N3CCCC3)cc2)c1. The molecule has 0 aromatic heterocycles. The van der Waals surface area contributed by atoms with Gasteiger partial charge in [0, 0.05) is 43.2 Å². The summed E-state index contributed by atoms with van der Waals surface area (Å²) < 4.78 is 10.5. The van der Waals surface area contributed by atoms with Crippen LogP contribution in [0.2, 0.25) is 0 Å². The second-order valence-corrected chi connectivity index (χ2v) is 6.85. The zero-order chi connectivity index (χ0) is 20.5. The van der Waals surface area contributed by atoms with Crippen LogP contribution in [0.3, 0.4) is 0 Å². The van der Waals surface area contributed by atoms with Crippen molar-refractivity contribution in [2.45, 2.75) is 12.8 Å². The van der Waals surface area contributed by atoms with Crippen molar-refractivity contribution in [3.63, 3.8) is 0 Å². The van der Waals surface area contributed by atoms with Crippen molar-refractivity contribution in [1.82, 2.24) is 4.90 Å². The summed E-state index contributed by atoms with van der Waals surface area (Å²) in [6, 6.07) is 14.4. The van der Waals surface area contributed by atoms with E-state index in [1.54, 1.807) is 31.4 Å². The van der Waals surface area contributed by atoms with Crippen LogP contribution in [0.5, 0.6) is 5.75 Å². The van der Waals surface area contributed by atoms with Crippen molar-refractivity contribution in [1.29, 1.82) is 0 Å². The third-order valence-electron chi connectivity index (χ3n) is 4.65. The summed E-state index contributed by atoms with van der Waals surface area (Å²) in [5.41, 5.74) is 2.10. The molecule has 2 aromatic carbocycles. The Morgan fingerprint density at radius 1 is 1.00 bits per heavy atom. The quantitative estimate of drug-likeness (QED) is 0.636. The van der Waals surface area contributed by atoms with Crippen LogP contribution in [0.15, 0.2) is 48.5 Å². The first-order chi connectivity index (χ1) is 14.2. The maximum absolute atomic E-state index is 12.4. The summed E-state index contributed by atoms with van der Waals surface area (Å²) in [5, 5.41) is 5.91. The molecule has 7 heteroatoms. The Morgan fingerprint density at radius 2 is 1.76 bits per heavy atom. The summed E-state index contributed by atoms with van der Waals surface area (Å²) in [6.45, 7) is 2.75. The van der Waals surface area contributed by atoms with Crippen molar-refractivity contribution in [3.05, 3.63) is 54.1 Å². The summed E-state index contributed by atoms with van der Waals surface area (Å²) in [4.78, 5) is 26.4. The van der Waals surface area contributed by atoms with E-state index in [4.69, 9.17) is 9.47 Å². The second kappa shape index (κ2) is 10.5. The molecule has 1 fully saturated rings. The molecule has 0 bridgehead atoms. The summed E-state index contributed by atoms with van der Waals surface area (Å²) >= 11 is 0. The lowest BCUT2D eigenvalue weighted by Crippen LogP contribution is -2.27. The number of hydrogen-bond donors (Lipinski definition) is 2. The smallest absolute Gasteiger partial charge is 0.253 e. The van der Waals surface area contributed by atoms with Crippen LogP contribution in [-0.4, -0.2) is 56.7 Å². The van der Waals surface area contributed by atoms with E-state index in [2.05, 4.69) is 10.6 Å². The van der Waals surface area contributed by atoms with Crippen molar-refractivity contribution in [3.8, 4) is 5.75 Å². The molecule has 3 rings (SSSR count). The van der Waals surface area contributed by atoms with Crippen LogP contribution in [0, 0.1) is 0 Å². The van der Waals surface area contributed by atoms with Gasteiger partial charge in [0.2, 0.25) is 5.91 Å². The number of carbonyl (C=O) groups excluding carboxylic acids is 2. The molecule has 0 unspecified atom stereocenters. The molecule has 1 saturated heterocycles. The average molecular weight is 397 g/mol. The van der Waals surface area contributed by atoms with Crippen LogP contribution < -0.4 is 15.4 Å². The molecule has 0 aliphatic carbocycles. The first kappa shape index (κ1) is 20.7. The Labute approximate surface area is 171 Å². The fourth-order valence-corrected chi connectivity index (χ4v) is 3.13. The first-order valence-electron chi connectivity index (χ1n) is 9.80. The number of nitrogens with zero attached hydrogens (tertiary/aromatic N) is 1. The largest absolute Gasteiger partial charge is 0.491 e. The van der Waals surface area contributed by atoms with E-state index >= 15 is 0 Å². The lowest BCUT2D eigenvalue weighted by molar-refractivity contribution is -0.114. The molecule has 2 N–H and O–H groups in total. The van der Waals surface area contributed by atoms with E-state index in [-0.39, 0.29) is 18.4 Å². The Bertz CT molecular complexity index is 817. The lowest BCUT2D eigenvalue weighted by Gasteiger charge is -2.15. The number of likely N-dealkylation sites (tertiary alicyclic amines) is 1. The van der Waals surface area contributed by atoms with Gasteiger partial charge in [0.05, 0.1) is 13.2 Å². The fourth-order valence-electron chi connectivity index (χ4n) is 3.13. The van der Waals surface area contributed by atoms with Crippen LogP contribution >= 0.6 is 0 Å². The summed E-state index contributed by atoms with van der Waals surface area (Å²) in [7, 11) is 1.62. The maximum Gasteiger partial charge on any atom is 0.253 e. The Kier molecular flexibility index (Phi) is 7.47. The third kappa shape index (κ3) is 6.22. The predicted octanol–water partition coefficient (Wildman–Crippen LogP) is 3.00. The van der Waals surface area contributed by atoms with Crippen LogP contribution in [0.4, 0.5) is 11.4 Å². The Balaban J connectivity index is 1.47. The number of hydrogen-bond acceptors (Lipinski definition) is 5. The second-order valence-electron chi connectivity index (χ2n) is 6.85. The van der Waals surface area contributed by atoms with E-state index in [1.165, 1.54) is 0 Å². The average Bonchev–Trinajstić information content (AvgIpc) is 3.28. The molecule has 1 aliphatic heterocycles. The van der Waals surface area contributed by atoms with Crippen LogP contribution in [-0.2, 0) is 9.53 Å². The number of rotatable bonds is 9. The molecule has 154 valence electrons. The molecule has 0 spiro atoms. The minimum Gasteiger partial charge on any atom is -0.491 e. The normalized spacial score (nSPS) is 13.2. The molecule has 1 heterocycles. The molecular formula is C22H27N3O4. The molecule has 0 atom stereocenters. The van der Waals surface area contributed by atoms with E-state index < -0.39 is 0 Å². The molecule has 1 aliphatic rings. The van der Waals surface area contributed by atoms with E-state index in [0.29, 0.717) is 30.2 Å². The number of carbonyl (C=O) groups is 2. The highest BCUT2D eigenvalue weighted by molar-refractivity contribution is 5.96. The maximum atomic E-state index is 12.4. The van der Waals surface area contributed by atoms with Crippen molar-refractivity contribution in [2.75, 3.05) is 50.6 Å². The topological polar surface area (TPSA) is 79.9 Å². The van der Waals surface area contributed by atoms with Gasteiger partial charge < -0.3 is 25.0 Å². The molecule has 29 heavy (non-hydrogen) atoms. The number of nitrogens with one attached hydrogen (secondary N) is 2. The van der Waals surface area contributed by atoms with Gasteiger partial charge in [-0.25, -0.2) is 0 Å². The van der Waals surface area contributed by atoms with Gasteiger partial charge in [0.1, 0.15) is 12.4 Å². The highest BCUT2D eigenvalue weighted by atomic mass is 16.5. The molecule has 7 nitrogen and oxygen atoms in total. The molecule has 0 saturated carbocycles. The number of amides is 2. The van der Waals surface area contributed by atoms with E-state index in [1.807, 2.05) is 29.2 Å². The monoisotopic (exact) mass is 397 g/mol. The predicted molar refractivity (Wildman–Crippen MR) is 113 cm³/mol. The zero-order valence-electron chi connectivity index (χ0n) is 16.6. The highest BCUT2D eigenvalue weighted by Gasteiger charge is 2.19. The van der Waals surface area contributed by atoms with Crippen LogP contribution in [0.1, 0.15) is 23.2 Å². The molecule has 2 aromatic rings. The van der Waals surface area contributed by atoms with Crippen molar-refractivity contribution in [2.24, 2.45) is 0 Å². The van der Waals surface area contributed by atoms with Gasteiger partial charge in [-0.2, -0.15) is 0 Å². The van der Waals surface area contributed by atoms with Gasteiger partial charge in [0.15, 0.2) is 0 Å². The molecule has 2 amide bonds. The number of anilines is 2. The zero-order valence-corrected chi connectivity index (χ0v) is 16.6. The van der Waals surface area contributed by atoms with Gasteiger partial charge in [0.25, 0.3) is 5.91 Å². The first-order valence-corrected chi connectivity index (χ1v) is 9.80. The van der Waals surface area contributed by atoms with Crippen molar-refractivity contribution < 1.29 is 19.1 Å². The standard InChI is InChI=1S/C22H27N3O4/c1-28-13-14-29-20-6-4-5-19(15-20)23-16-21(26)24-18-9-7-17(8-10-18)22(27)25-11-2-3-12-25/h4-10,15,23H,2-3,11-14,16H2,1H3,(H,24,26). The summed E-state index contributed by atoms with van der Waals surface area (Å²) in [5.74, 6) is 0.592. The minimum absolute atomic E-state index is 0.0506. The van der Waals surface area contributed by atoms with Crippen LogP contribution in [0.25, 0.3) is 0 Å². The van der Waals surface area contributed by atoms with E-state index in [0.717, 1.165) is 31.6 Å². The van der Waals surface area contributed by atoms with Gasteiger partial charge in [-0.3, -0.25) is 9.59 Å². The minimum atomic E-state index is -0.172. The Morgan fingerprint density at radius 3 is 2.48 bits per heavy atom. The molecular weight excluding hydrogens is 370 g/mol. The van der Waals surface area contributed by atoms with Gasteiger partial charge in [-0.05, 0) is 49.2 Å². The Hall–Kier alpha value is -3.06. The highest BCUT2D eigenvalue weighted by Crippen LogP contribution is 2.18. The third-order valence-corrected chi connectivity index (χ3v) is 4.65. The van der Waals surface area contributed by atoms with Gasteiger partial charge in [-0.15, -0.1) is 0 Å². The van der Waals surface area contributed by atoms with Gasteiger partial charge >= 0.3 is 0 Å². The van der Waals surface area contributed by atoms with Gasteiger partial charge in [-0.1, -0.05) is 6.07 Å². The van der Waals surface area contributed by atoms with Crippen molar-refractivity contribution >= 4 is 23.2 Å². The summed E-state index contributed by atoms with van der Waals surface area (Å²) in [6.07, 6.45) is 2.13. The van der Waals surface area contributed by atoms with E-state index in [9.17, 15) is 9.59 Å². The number of benzene rings is 2.